The molecule has 0 saturated carbocycles. The van der Waals surface area contributed by atoms with Crippen molar-refractivity contribution in [3.05, 3.63) is 28.0 Å². The van der Waals surface area contributed by atoms with E-state index >= 15 is 0 Å². The van der Waals surface area contributed by atoms with Crippen LogP contribution in [0.1, 0.15) is 15.2 Å². The van der Waals surface area contributed by atoms with Crippen LogP contribution in [-0.2, 0) is 9.59 Å². The third-order valence-electron chi connectivity index (χ3n) is 2.62. The van der Waals surface area contributed by atoms with Crippen LogP contribution in [-0.4, -0.2) is 47.4 Å². The third-order valence-corrected chi connectivity index (χ3v) is 3.54. The highest BCUT2D eigenvalue weighted by Gasteiger charge is 2.24. The first-order valence-corrected chi connectivity index (χ1v) is 6.50. The molecular formula is C12H12N2O4S. The number of carboxylic acids is 1. The van der Waals surface area contributed by atoms with E-state index in [1.54, 1.807) is 11.4 Å². The van der Waals surface area contributed by atoms with E-state index in [1.807, 2.05) is 0 Å². The molecule has 0 radical (unpaired) electrons. The average Bonchev–Trinajstić information content (AvgIpc) is 2.83. The number of carbonyl (C=O) groups excluding carboxylic acids is 2. The molecule has 1 aromatic heterocycles. The quantitative estimate of drug-likeness (QED) is 0.786. The number of rotatable bonds is 3. The summed E-state index contributed by atoms with van der Waals surface area (Å²) in [5.41, 5.74) is 0.559. The molecular weight excluding hydrogens is 268 g/mol. The normalized spacial score (nSPS) is 15.6. The smallest absolute Gasteiger partial charge is 0.328 e. The summed E-state index contributed by atoms with van der Waals surface area (Å²) in [7, 11) is 0. The molecule has 0 bridgehead atoms. The Morgan fingerprint density at radius 3 is 2.95 bits per heavy atom. The molecule has 1 fully saturated rings. The zero-order chi connectivity index (χ0) is 13.8. The van der Waals surface area contributed by atoms with Crippen LogP contribution in [0.2, 0.25) is 0 Å². The lowest BCUT2D eigenvalue weighted by Crippen LogP contribution is -2.49. The first-order valence-electron chi connectivity index (χ1n) is 5.62. The highest BCUT2D eigenvalue weighted by atomic mass is 32.1. The number of hydrogen-bond donors (Lipinski definition) is 2. The fourth-order valence-electron chi connectivity index (χ4n) is 1.74. The van der Waals surface area contributed by atoms with E-state index in [-0.39, 0.29) is 18.4 Å². The summed E-state index contributed by atoms with van der Waals surface area (Å²) in [5, 5.41) is 13.0. The van der Waals surface area contributed by atoms with Gasteiger partial charge in [-0.15, -0.1) is 11.3 Å². The van der Waals surface area contributed by atoms with Gasteiger partial charge in [-0.2, -0.15) is 0 Å². The van der Waals surface area contributed by atoms with Crippen molar-refractivity contribution >= 4 is 35.2 Å². The van der Waals surface area contributed by atoms with E-state index in [9.17, 15) is 14.4 Å². The van der Waals surface area contributed by atoms with Crippen molar-refractivity contribution in [3.63, 3.8) is 0 Å². The molecule has 0 atom stereocenters. The van der Waals surface area contributed by atoms with Gasteiger partial charge >= 0.3 is 5.97 Å². The number of hydrogen-bond acceptors (Lipinski definition) is 4. The Morgan fingerprint density at radius 2 is 2.26 bits per heavy atom. The van der Waals surface area contributed by atoms with E-state index in [1.165, 1.54) is 22.3 Å². The van der Waals surface area contributed by atoms with Crippen LogP contribution in [0, 0.1) is 0 Å². The number of nitrogens with zero attached hydrogens (tertiary/aromatic N) is 1. The maximum atomic E-state index is 12.2. The minimum absolute atomic E-state index is 0.0405. The fourth-order valence-corrected chi connectivity index (χ4v) is 2.59. The molecule has 19 heavy (non-hydrogen) atoms. The second kappa shape index (κ2) is 5.66. The molecule has 2 N–H and O–H groups in total. The predicted octanol–water partition coefficient (Wildman–Crippen LogP) is 0.418. The van der Waals surface area contributed by atoms with Gasteiger partial charge in [-0.1, -0.05) is 0 Å². The van der Waals surface area contributed by atoms with Crippen molar-refractivity contribution in [3.8, 4) is 0 Å². The maximum Gasteiger partial charge on any atom is 0.328 e. The van der Waals surface area contributed by atoms with E-state index in [4.69, 9.17) is 5.11 Å². The Hall–Kier alpha value is -2.15. The van der Waals surface area contributed by atoms with Crippen LogP contribution in [0.15, 0.2) is 17.5 Å². The van der Waals surface area contributed by atoms with Gasteiger partial charge in [0, 0.05) is 19.2 Å². The zero-order valence-electron chi connectivity index (χ0n) is 9.96. The highest BCUT2D eigenvalue weighted by Crippen LogP contribution is 2.20. The summed E-state index contributed by atoms with van der Waals surface area (Å²) in [6.45, 7) is 0.944. The van der Waals surface area contributed by atoms with Gasteiger partial charge in [0.05, 0.1) is 11.4 Å². The van der Waals surface area contributed by atoms with Crippen LogP contribution in [0.4, 0.5) is 0 Å². The van der Waals surface area contributed by atoms with E-state index in [0.717, 1.165) is 6.08 Å². The number of carbonyl (C=O) groups is 3. The van der Waals surface area contributed by atoms with Crippen LogP contribution in [0.25, 0.3) is 6.08 Å². The summed E-state index contributed by atoms with van der Waals surface area (Å²) in [4.78, 5) is 35.9. The molecule has 0 spiro atoms. The molecule has 6 nitrogen and oxygen atoms in total. The lowest BCUT2D eigenvalue weighted by atomic mass is 10.2. The number of amides is 2. The maximum absolute atomic E-state index is 12.2. The monoisotopic (exact) mass is 280 g/mol. The molecule has 1 aromatic rings. The van der Waals surface area contributed by atoms with Crippen molar-refractivity contribution < 1.29 is 19.5 Å². The Balaban J connectivity index is 2.17. The van der Waals surface area contributed by atoms with Crippen molar-refractivity contribution in [2.75, 3.05) is 19.6 Å². The van der Waals surface area contributed by atoms with E-state index < -0.39 is 5.97 Å². The van der Waals surface area contributed by atoms with Crippen LogP contribution in [0.5, 0.6) is 0 Å². The molecule has 0 aromatic carbocycles. The molecule has 100 valence electrons. The van der Waals surface area contributed by atoms with Gasteiger partial charge in [0.1, 0.15) is 0 Å². The first kappa shape index (κ1) is 13.3. The lowest BCUT2D eigenvalue weighted by Gasteiger charge is -2.26. The number of nitrogens with one attached hydrogen (secondary N) is 1. The molecule has 0 aliphatic carbocycles. The Labute approximate surface area is 113 Å². The van der Waals surface area contributed by atoms with Crippen LogP contribution in [0.3, 0.4) is 0 Å². The molecule has 2 rings (SSSR count). The van der Waals surface area contributed by atoms with Gasteiger partial charge in [0.15, 0.2) is 0 Å². The lowest BCUT2D eigenvalue weighted by molar-refractivity contribution is -0.131. The van der Waals surface area contributed by atoms with Crippen molar-refractivity contribution in [2.24, 2.45) is 0 Å². The van der Waals surface area contributed by atoms with Crippen LogP contribution >= 0.6 is 11.3 Å². The van der Waals surface area contributed by atoms with E-state index in [2.05, 4.69) is 5.32 Å². The Morgan fingerprint density at radius 1 is 1.47 bits per heavy atom. The zero-order valence-corrected chi connectivity index (χ0v) is 10.8. The SMILES string of the molecule is O=C(O)C=Cc1ccsc1C(=O)N1CCNC(=O)C1. The molecule has 7 heteroatoms. The Kier molecular flexibility index (Phi) is 3.96. The van der Waals surface area contributed by atoms with Gasteiger partial charge in [0.25, 0.3) is 5.91 Å². The number of piperazine rings is 1. The summed E-state index contributed by atoms with van der Waals surface area (Å²) >= 11 is 1.24. The topological polar surface area (TPSA) is 86.7 Å². The molecule has 1 aliphatic rings. The minimum Gasteiger partial charge on any atom is -0.478 e. The van der Waals surface area contributed by atoms with Gasteiger partial charge in [-0.3, -0.25) is 9.59 Å². The summed E-state index contributed by atoms with van der Waals surface area (Å²) < 4.78 is 0. The van der Waals surface area contributed by atoms with Gasteiger partial charge in [0.2, 0.25) is 5.91 Å². The van der Waals surface area contributed by atoms with Gasteiger partial charge < -0.3 is 15.3 Å². The summed E-state index contributed by atoms with van der Waals surface area (Å²) in [6, 6.07) is 1.68. The highest BCUT2D eigenvalue weighted by molar-refractivity contribution is 7.12. The standard InChI is InChI=1S/C12H12N2O4S/c15-9-7-14(5-4-13-9)12(18)11-8(3-6-19-11)1-2-10(16)17/h1-3,6H,4-5,7H2,(H,13,15)(H,16,17). The molecule has 0 unspecified atom stereocenters. The third kappa shape index (κ3) is 3.19. The van der Waals surface area contributed by atoms with Gasteiger partial charge in [-0.05, 0) is 23.1 Å². The van der Waals surface area contributed by atoms with Crippen molar-refractivity contribution in [2.45, 2.75) is 0 Å². The summed E-state index contributed by atoms with van der Waals surface area (Å²) in [6.07, 6.45) is 2.37. The average molecular weight is 280 g/mol. The minimum atomic E-state index is -1.07. The van der Waals surface area contributed by atoms with E-state index in [0.29, 0.717) is 23.5 Å². The second-order valence-electron chi connectivity index (χ2n) is 3.95. The largest absolute Gasteiger partial charge is 0.478 e. The Bertz CT molecular complexity index is 550. The number of aliphatic carboxylic acids is 1. The summed E-state index contributed by atoms with van der Waals surface area (Å²) in [5.74, 6) is -1.49. The van der Waals surface area contributed by atoms with Crippen LogP contribution < -0.4 is 5.32 Å². The number of thiophene rings is 1. The molecule has 1 saturated heterocycles. The first-order chi connectivity index (χ1) is 9.08. The molecule has 2 amide bonds. The van der Waals surface area contributed by atoms with Crippen molar-refractivity contribution in [1.82, 2.24) is 10.2 Å². The second-order valence-corrected chi connectivity index (χ2v) is 4.87. The van der Waals surface area contributed by atoms with Gasteiger partial charge in [-0.25, -0.2) is 4.79 Å². The number of carboxylic acid groups (broad SMARTS) is 1. The molecule has 1 aliphatic heterocycles. The van der Waals surface area contributed by atoms with Crippen molar-refractivity contribution in [1.29, 1.82) is 0 Å². The molecule has 2 heterocycles. The fraction of sp³-hybridized carbons (Fsp3) is 0.250. The predicted molar refractivity (Wildman–Crippen MR) is 69.9 cm³/mol.